The zero-order chi connectivity index (χ0) is 9.56. The number of hydrogen-bond donors (Lipinski definition) is 0. The van der Waals surface area contributed by atoms with Crippen molar-refractivity contribution in [1.82, 2.24) is 0 Å². The van der Waals surface area contributed by atoms with Crippen LogP contribution in [0.25, 0.3) is 0 Å². The Morgan fingerprint density at radius 3 is 2.25 bits per heavy atom. The maximum absolute atomic E-state index is 10.8. The van der Waals surface area contributed by atoms with Crippen LogP contribution in [0.3, 0.4) is 0 Å². The highest BCUT2D eigenvalue weighted by Gasteiger charge is 2.03. The summed E-state index contributed by atoms with van der Waals surface area (Å²) in [5.41, 5.74) is 0.199. The van der Waals surface area contributed by atoms with Gasteiger partial charge in [-0.15, -0.1) is 0 Å². The minimum atomic E-state index is -0.591. The fourth-order valence-corrected chi connectivity index (χ4v) is 0.388. The fourth-order valence-electron chi connectivity index (χ4n) is 0.388. The highest BCUT2D eigenvalue weighted by Crippen LogP contribution is 1.97. The van der Waals surface area contributed by atoms with Gasteiger partial charge in [0.25, 0.3) is 0 Å². The molecule has 0 aromatic heterocycles. The first-order chi connectivity index (χ1) is 5.57. The molecule has 0 rings (SSSR count). The largest absolute Gasteiger partial charge is 0.434 e. The van der Waals surface area contributed by atoms with Crippen LogP contribution in [0.5, 0.6) is 0 Å². The summed E-state index contributed by atoms with van der Waals surface area (Å²) in [6.07, 6.45) is 2.04. The quantitative estimate of drug-likeness (QED) is 0.362. The number of hydrogen-bond acceptors (Lipinski definition) is 4. The van der Waals surface area contributed by atoms with Gasteiger partial charge in [-0.05, 0) is 6.92 Å². The molecule has 0 aromatic rings. The van der Waals surface area contributed by atoms with Crippen LogP contribution >= 0.6 is 0 Å². The first-order valence-electron chi connectivity index (χ1n) is 3.23. The molecule has 0 saturated carbocycles. The van der Waals surface area contributed by atoms with E-state index in [1.807, 2.05) is 0 Å². The van der Waals surface area contributed by atoms with Crippen molar-refractivity contribution in [3.8, 4) is 0 Å². The van der Waals surface area contributed by atoms with Crippen molar-refractivity contribution in [2.75, 3.05) is 0 Å². The van der Waals surface area contributed by atoms with Gasteiger partial charge in [0.15, 0.2) is 0 Å². The molecule has 0 aromatic carbocycles. The Balaban J connectivity index is 4.07. The third kappa shape index (κ3) is 4.27. The topological polar surface area (TPSA) is 52.6 Å². The van der Waals surface area contributed by atoms with Gasteiger partial charge in [0, 0.05) is 6.92 Å². The zero-order valence-corrected chi connectivity index (χ0v) is 6.99. The lowest BCUT2D eigenvalue weighted by Crippen LogP contribution is -2.02. The van der Waals surface area contributed by atoms with E-state index in [-0.39, 0.29) is 5.57 Å². The molecular weight excluding hydrogens is 160 g/mol. The molecule has 12 heavy (non-hydrogen) atoms. The normalized spacial score (nSPS) is 10.3. The second-order valence-electron chi connectivity index (χ2n) is 1.98. The second-order valence-corrected chi connectivity index (χ2v) is 1.98. The van der Waals surface area contributed by atoms with E-state index in [0.29, 0.717) is 0 Å². The molecule has 0 aliphatic carbocycles. The van der Waals surface area contributed by atoms with Gasteiger partial charge in [-0.2, -0.15) is 0 Å². The standard InChI is InChI=1S/C8H10O4/c1-4-11-8(10)6(2)5-12-7(3)9/h4-5H,1H2,2-3H3. The van der Waals surface area contributed by atoms with E-state index in [1.54, 1.807) is 0 Å². The van der Waals surface area contributed by atoms with Crippen LogP contribution in [0.1, 0.15) is 13.8 Å². The maximum Gasteiger partial charge on any atom is 0.341 e. The molecule has 0 N–H and O–H groups in total. The van der Waals surface area contributed by atoms with Gasteiger partial charge >= 0.3 is 11.9 Å². The Labute approximate surface area is 70.5 Å². The Bertz CT molecular complexity index is 227. The van der Waals surface area contributed by atoms with Crippen LogP contribution in [0.15, 0.2) is 24.7 Å². The average Bonchev–Trinajstić information content (AvgIpc) is 2.00. The summed E-state index contributed by atoms with van der Waals surface area (Å²) in [7, 11) is 0. The Morgan fingerprint density at radius 2 is 1.83 bits per heavy atom. The molecule has 4 heteroatoms. The number of carbonyl (C=O) groups excluding carboxylic acids is 2. The molecule has 0 fully saturated rings. The van der Waals surface area contributed by atoms with Crippen molar-refractivity contribution >= 4 is 11.9 Å². The lowest BCUT2D eigenvalue weighted by Gasteiger charge is -1.97. The lowest BCUT2D eigenvalue weighted by molar-refractivity contribution is -0.136. The van der Waals surface area contributed by atoms with Gasteiger partial charge in [-0.25, -0.2) is 4.79 Å². The van der Waals surface area contributed by atoms with Gasteiger partial charge in [-0.1, -0.05) is 6.58 Å². The van der Waals surface area contributed by atoms with Crippen molar-refractivity contribution in [1.29, 1.82) is 0 Å². The highest BCUT2D eigenvalue weighted by atomic mass is 16.5. The molecule has 0 amide bonds. The highest BCUT2D eigenvalue weighted by molar-refractivity contribution is 5.88. The minimum Gasteiger partial charge on any atom is -0.434 e. The Kier molecular flexibility index (Phi) is 4.45. The van der Waals surface area contributed by atoms with Crippen LogP contribution in [0.4, 0.5) is 0 Å². The van der Waals surface area contributed by atoms with Crippen LogP contribution in [0, 0.1) is 0 Å². The summed E-state index contributed by atoms with van der Waals surface area (Å²) < 4.78 is 8.84. The van der Waals surface area contributed by atoms with E-state index < -0.39 is 11.9 Å². The molecule has 0 radical (unpaired) electrons. The Hall–Kier alpha value is -1.58. The van der Waals surface area contributed by atoms with Gasteiger partial charge in [0.05, 0.1) is 11.8 Å². The molecular formula is C8H10O4. The molecule has 0 unspecified atom stereocenters. The summed E-state index contributed by atoms with van der Waals surface area (Å²) in [6, 6.07) is 0. The number of esters is 2. The van der Waals surface area contributed by atoms with Gasteiger partial charge < -0.3 is 9.47 Å². The summed E-state index contributed by atoms with van der Waals surface area (Å²) in [4.78, 5) is 21.1. The molecule has 0 aliphatic rings. The molecule has 66 valence electrons. The number of rotatable bonds is 3. The van der Waals surface area contributed by atoms with Gasteiger partial charge in [0.2, 0.25) is 0 Å². The summed E-state index contributed by atoms with van der Waals surface area (Å²) in [5, 5.41) is 0. The monoisotopic (exact) mass is 170 g/mol. The van der Waals surface area contributed by atoms with Crippen molar-refractivity contribution in [2.24, 2.45) is 0 Å². The third-order valence-corrected chi connectivity index (χ3v) is 0.914. The predicted octanol–water partition coefficient (Wildman–Crippen LogP) is 1.14. The summed E-state index contributed by atoms with van der Waals surface area (Å²) in [5.74, 6) is -1.08. The zero-order valence-electron chi connectivity index (χ0n) is 6.99. The first-order valence-corrected chi connectivity index (χ1v) is 3.23. The second kappa shape index (κ2) is 5.12. The Morgan fingerprint density at radius 1 is 1.25 bits per heavy atom. The first kappa shape index (κ1) is 10.4. The van der Waals surface area contributed by atoms with E-state index in [0.717, 1.165) is 12.5 Å². The molecule has 0 aliphatic heterocycles. The van der Waals surface area contributed by atoms with E-state index in [1.165, 1.54) is 13.8 Å². The van der Waals surface area contributed by atoms with Crippen LogP contribution in [-0.2, 0) is 19.1 Å². The summed E-state index contributed by atoms with van der Waals surface area (Å²) in [6.45, 7) is 5.91. The van der Waals surface area contributed by atoms with Crippen LogP contribution in [0.2, 0.25) is 0 Å². The summed E-state index contributed by atoms with van der Waals surface area (Å²) >= 11 is 0. The van der Waals surface area contributed by atoms with Gasteiger partial charge in [0.1, 0.15) is 6.26 Å². The number of ether oxygens (including phenoxy) is 2. The molecule has 0 saturated heterocycles. The SMILES string of the molecule is C=COC(=O)C(C)=COC(C)=O. The van der Waals surface area contributed by atoms with Crippen molar-refractivity contribution < 1.29 is 19.1 Å². The molecule has 4 nitrogen and oxygen atoms in total. The fraction of sp³-hybridized carbons (Fsp3) is 0.250. The predicted molar refractivity (Wildman–Crippen MR) is 41.8 cm³/mol. The lowest BCUT2D eigenvalue weighted by atomic mass is 10.3. The minimum absolute atomic E-state index is 0.199. The van der Waals surface area contributed by atoms with Crippen LogP contribution < -0.4 is 0 Å². The molecule has 0 spiro atoms. The van der Waals surface area contributed by atoms with Crippen molar-refractivity contribution in [3.05, 3.63) is 24.7 Å². The average molecular weight is 170 g/mol. The molecule has 0 bridgehead atoms. The molecule has 0 heterocycles. The van der Waals surface area contributed by atoms with E-state index >= 15 is 0 Å². The van der Waals surface area contributed by atoms with Crippen molar-refractivity contribution in [3.63, 3.8) is 0 Å². The van der Waals surface area contributed by atoms with Crippen LogP contribution in [-0.4, -0.2) is 11.9 Å². The third-order valence-electron chi connectivity index (χ3n) is 0.914. The number of carbonyl (C=O) groups is 2. The molecule has 0 atom stereocenters. The van der Waals surface area contributed by atoms with E-state index in [2.05, 4.69) is 16.1 Å². The van der Waals surface area contributed by atoms with E-state index in [9.17, 15) is 9.59 Å². The maximum atomic E-state index is 10.8. The van der Waals surface area contributed by atoms with Crippen molar-refractivity contribution in [2.45, 2.75) is 13.8 Å². The van der Waals surface area contributed by atoms with E-state index in [4.69, 9.17) is 0 Å². The van der Waals surface area contributed by atoms with Gasteiger partial charge in [-0.3, -0.25) is 4.79 Å². The smallest absolute Gasteiger partial charge is 0.341 e.